The van der Waals surface area contributed by atoms with Crippen LogP contribution in [0.4, 0.5) is 0 Å². The van der Waals surface area contributed by atoms with Crippen LogP contribution in [-0.4, -0.2) is 35.6 Å². The molecule has 0 aromatic rings. The molecule has 1 aliphatic rings. The minimum absolute atomic E-state index is 0.0882. The van der Waals surface area contributed by atoms with Gasteiger partial charge in [-0.15, -0.1) is 5.73 Å². The highest BCUT2D eigenvalue weighted by molar-refractivity contribution is 5.81. The molecule has 0 aromatic carbocycles. The molecule has 1 aliphatic heterocycles. The van der Waals surface area contributed by atoms with Crippen molar-refractivity contribution >= 4 is 18.1 Å². The molecule has 1 heterocycles. The van der Waals surface area contributed by atoms with E-state index in [9.17, 15) is 14.4 Å². The summed E-state index contributed by atoms with van der Waals surface area (Å²) in [5, 5.41) is 2.73. The SMILES string of the molecule is C=C=C1CCC(=O)N1CCCCCC(=O)NC(C=O)C(C)C. The molecule has 1 fully saturated rings. The van der Waals surface area contributed by atoms with Crippen molar-refractivity contribution in [1.82, 2.24) is 10.2 Å². The van der Waals surface area contributed by atoms with Gasteiger partial charge in [0.1, 0.15) is 6.29 Å². The van der Waals surface area contributed by atoms with Crippen molar-refractivity contribution in [3.8, 4) is 0 Å². The van der Waals surface area contributed by atoms with Gasteiger partial charge < -0.3 is 15.0 Å². The number of rotatable bonds is 9. The van der Waals surface area contributed by atoms with Crippen LogP contribution in [0.5, 0.6) is 0 Å². The number of hydrogen-bond donors (Lipinski definition) is 1. The molecule has 1 unspecified atom stereocenters. The Morgan fingerprint density at radius 1 is 1.36 bits per heavy atom. The maximum atomic E-state index is 11.7. The molecule has 0 saturated carbocycles. The van der Waals surface area contributed by atoms with Crippen molar-refractivity contribution < 1.29 is 14.4 Å². The molecule has 1 N–H and O–H groups in total. The lowest BCUT2D eigenvalue weighted by atomic mass is 10.1. The zero-order chi connectivity index (χ0) is 16.5. The quantitative estimate of drug-likeness (QED) is 0.403. The van der Waals surface area contributed by atoms with Gasteiger partial charge in [-0.1, -0.05) is 26.8 Å². The Kier molecular flexibility index (Phi) is 7.61. The summed E-state index contributed by atoms with van der Waals surface area (Å²) in [7, 11) is 0. The van der Waals surface area contributed by atoms with E-state index in [4.69, 9.17) is 0 Å². The number of nitrogens with one attached hydrogen (secondary N) is 1. The molecule has 5 heteroatoms. The van der Waals surface area contributed by atoms with E-state index in [1.54, 1.807) is 4.90 Å². The van der Waals surface area contributed by atoms with Crippen molar-refractivity contribution in [2.45, 2.75) is 58.4 Å². The molecule has 0 bridgehead atoms. The molecule has 1 saturated heterocycles. The van der Waals surface area contributed by atoms with Gasteiger partial charge >= 0.3 is 0 Å². The number of amides is 2. The van der Waals surface area contributed by atoms with Crippen LogP contribution in [-0.2, 0) is 14.4 Å². The lowest BCUT2D eigenvalue weighted by Gasteiger charge is -2.17. The zero-order valence-electron chi connectivity index (χ0n) is 13.6. The summed E-state index contributed by atoms with van der Waals surface area (Å²) in [6, 6.07) is -0.407. The topological polar surface area (TPSA) is 66.5 Å². The molecule has 1 atom stereocenters. The second-order valence-corrected chi connectivity index (χ2v) is 5.95. The highest BCUT2D eigenvalue weighted by atomic mass is 16.2. The third-order valence-corrected chi connectivity index (χ3v) is 3.88. The average Bonchev–Trinajstić information content (AvgIpc) is 2.84. The minimum Gasteiger partial charge on any atom is -0.346 e. The monoisotopic (exact) mass is 306 g/mol. The second-order valence-electron chi connectivity index (χ2n) is 5.95. The number of carbonyl (C=O) groups excluding carboxylic acids is 3. The molecule has 0 radical (unpaired) electrons. The molecular weight excluding hydrogens is 280 g/mol. The van der Waals surface area contributed by atoms with Crippen LogP contribution in [0.15, 0.2) is 18.0 Å². The fraction of sp³-hybridized carbons (Fsp3) is 0.647. The van der Waals surface area contributed by atoms with Gasteiger partial charge in [0, 0.05) is 25.8 Å². The van der Waals surface area contributed by atoms with E-state index in [-0.39, 0.29) is 17.7 Å². The molecule has 0 aliphatic carbocycles. The molecule has 22 heavy (non-hydrogen) atoms. The van der Waals surface area contributed by atoms with Crippen molar-refractivity contribution in [2.75, 3.05) is 6.54 Å². The van der Waals surface area contributed by atoms with Crippen LogP contribution in [0.25, 0.3) is 0 Å². The zero-order valence-corrected chi connectivity index (χ0v) is 13.6. The smallest absolute Gasteiger partial charge is 0.227 e. The van der Waals surface area contributed by atoms with Gasteiger partial charge in [-0.3, -0.25) is 9.59 Å². The van der Waals surface area contributed by atoms with Crippen molar-refractivity contribution in [2.24, 2.45) is 5.92 Å². The second kappa shape index (κ2) is 9.21. The van der Waals surface area contributed by atoms with E-state index in [1.807, 2.05) is 13.8 Å². The number of aldehydes is 1. The van der Waals surface area contributed by atoms with Gasteiger partial charge in [0.05, 0.1) is 11.7 Å². The number of allylic oxidation sites excluding steroid dienone is 1. The van der Waals surface area contributed by atoms with Gasteiger partial charge in [0.25, 0.3) is 0 Å². The summed E-state index contributed by atoms with van der Waals surface area (Å²) >= 11 is 0. The third-order valence-electron chi connectivity index (χ3n) is 3.88. The molecule has 122 valence electrons. The summed E-state index contributed by atoms with van der Waals surface area (Å²) in [5.74, 6) is 0.149. The van der Waals surface area contributed by atoms with Gasteiger partial charge in [-0.25, -0.2) is 0 Å². The van der Waals surface area contributed by atoms with Crippen LogP contribution in [0.1, 0.15) is 52.4 Å². The van der Waals surface area contributed by atoms with Crippen LogP contribution < -0.4 is 5.32 Å². The van der Waals surface area contributed by atoms with Crippen LogP contribution in [0, 0.1) is 5.92 Å². The maximum Gasteiger partial charge on any atom is 0.227 e. The first-order valence-electron chi connectivity index (χ1n) is 7.93. The van der Waals surface area contributed by atoms with Crippen molar-refractivity contribution in [1.29, 1.82) is 0 Å². The van der Waals surface area contributed by atoms with Gasteiger partial charge in [-0.2, -0.15) is 0 Å². The minimum atomic E-state index is -0.407. The predicted molar refractivity (Wildman–Crippen MR) is 84.9 cm³/mol. The van der Waals surface area contributed by atoms with Gasteiger partial charge in [0.2, 0.25) is 11.8 Å². The fourth-order valence-electron chi connectivity index (χ4n) is 2.44. The summed E-state index contributed by atoms with van der Waals surface area (Å²) < 4.78 is 0. The molecule has 0 spiro atoms. The van der Waals surface area contributed by atoms with E-state index in [2.05, 4.69) is 17.6 Å². The highest BCUT2D eigenvalue weighted by Crippen LogP contribution is 2.21. The van der Waals surface area contributed by atoms with Gasteiger partial charge in [-0.05, 0) is 18.8 Å². The van der Waals surface area contributed by atoms with Crippen LogP contribution >= 0.6 is 0 Å². The molecule has 2 amide bonds. The lowest BCUT2D eigenvalue weighted by Crippen LogP contribution is -2.39. The first-order chi connectivity index (χ1) is 10.5. The van der Waals surface area contributed by atoms with Crippen molar-refractivity contribution in [3.63, 3.8) is 0 Å². The van der Waals surface area contributed by atoms with E-state index >= 15 is 0 Å². The van der Waals surface area contributed by atoms with E-state index < -0.39 is 6.04 Å². The Hall–Kier alpha value is -1.87. The number of hydrogen-bond acceptors (Lipinski definition) is 3. The average molecular weight is 306 g/mol. The highest BCUT2D eigenvalue weighted by Gasteiger charge is 2.24. The Bertz CT molecular complexity index is 465. The number of nitrogens with zero attached hydrogens (tertiary/aromatic N) is 1. The summed E-state index contributed by atoms with van der Waals surface area (Å²) in [6.07, 6.45) is 4.95. The molecule has 0 aromatic heterocycles. The molecule has 5 nitrogen and oxygen atoms in total. The van der Waals surface area contributed by atoms with E-state index in [0.29, 0.717) is 19.4 Å². The number of unbranched alkanes of at least 4 members (excludes halogenated alkanes) is 2. The number of carbonyl (C=O) groups is 3. The maximum absolute atomic E-state index is 11.7. The summed E-state index contributed by atoms with van der Waals surface area (Å²) in [5.41, 5.74) is 3.70. The first kappa shape index (κ1) is 18.2. The Balaban J connectivity index is 2.20. The molecule has 1 rings (SSSR count). The van der Waals surface area contributed by atoms with Crippen LogP contribution in [0.2, 0.25) is 0 Å². The Labute approximate surface area is 132 Å². The normalized spacial score (nSPS) is 15.9. The number of likely N-dealkylation sites (tertiary alicyclic amines) is 1. The Morgan fingerprint density at radius 3 is 2.68 bits per heavy atom. The fourth-order valence-corrected chi connectivity index (χ4v) is 2.44. The standard InChI is InChI=1S/C17H26N2O3/c1-4-14-9-10-17(22)19(14)11-7-5-6-8-16(21)18-15(12-20)13(2)3/h12-13,15H,1,5-11H2,2-3H3,(H,18,21). The first-order valence-corrected chi connectivity index (χ1v) is 7.93. The summed E-state index contributed by atoms with van der Waals surface area (Å²) in [6.45, 7) is 8.08. The third kappa shape index (κ3) is 5.49. The largest absolute Gasteiger partial charge is 0.346 e. The lowest BCUT2D eigenvalue weighted by molar-refractivity contribution is -0.127. The van der Waals surface area contributed by atoms with Crippen LogP contribution in [0.3, 0.4) is 0 Å². The van der Waals surface area contributed by atoms with E-state index in [1.165, 1.54) is 0 Å². The van der Waals surface area contributed by atoms with E-state index in [0.717, 1.165) is 37.7 Å². The van der Waals surface area contributed by atoms with Gasteiger partial charge in [0.15, 0.2) is 0 Å². The molecular formula is C17H26N2O3. The summed E-state index contributed by atoms with van der Waals surface area (Å²) in [4.78, 5) is 36.0. The Morgan fingerprint density at radius 2 is 2.09 bits per heavy atom. The predicted octanol–water partition coefficient (Wildman–Crippen LogP) is 2.18. The van der Waals surface area contributed by atoms with Crippen molar-refractivity contribution in [3.05, 3.63) is 18.0 Å².